The zero-order valence-electron chi connectivity index (χ0n) is 12.2. The zero-order chi connectivity index (χ0) is 17.3. The minimum absolute atomic E-state index is 0.0634. The maximum atomic E-state index is 13.0. The van der Waals surface area contributed by atoms with Gasteiger partial charge in [0.25, 0.3) is 0 Å². The quantitative estimate of drug-likeness (QED) is 0.888. The van der Waals surface area contributed by atoms with Gasteiger partial charge in [0.1, 0.15) is 0 Å². The number of hydrogen-bond acceptors (Lipinski definition) is 6. The number of hydrazone groups is 1. The highest BCUT2D eigenvalue weighted by Gasteiger charge is 2.52. The second-order valence-electron chi connectivity index (χ2n) is 5.20. The van der Waals surface area contributed by atoms with E-state index in [1.165, 1.54) is 49.1 Å². The maximum Gasteiger partial charge on any atom is 0.415 e. The molecule has 3 rings (SSSR count). The van der Waals surface area contributed by atoms with Crippen LogP contribution in [0.4, 0.5) is 18.9 Å². The van der Waals surface area contributed by atoms with Gasteiger partial charge in [-0.25, -0.2) is 5.01 Å². The molecule has 0 amide bonds. The Bertz CT molecular complexity index is 725. The van der Waals surface area contributed by atoms with Crippen molar-refractivity contribution in [3.8, 4) is 0 Å². The van der Waals surface area contributed by atoms with Gasteiger partial charge in [0.05, 0.1) is 17.3 Å². The van der Waals surface area contributed by atoms with E-state index in [2.05, 4.69) is 15.1 Å². The summed E-state index contributed by atoms with van der Waals surface area (Å²) in [4.78, 5) is 7.63. The van der Waals surface area contributed by atoms with Gasteiger partial charge in [-0.15, -0.1) is 0 Å². The number of rotatable bonds is 3. The SMILES string of the molecule is OC1C(C(O)C(F)(F)F)C(c2ccncc2)=NN1c1ccncc1. The fourth-order valence-corrected chi connectivity index (χ4v) is 2.53. The van der Waals surface area contributed by atoms with Crippen LogP contribution in [-0.2, 0) is 0 Å². The fraction of sp³-hybridized carbons (Fsp3) is 0.267. The lowest BCUT2D eigenvalue weighted by atomic mass is 9.91. The Kier molecular flexibility index (Phi) is 4.20. The van der Waals surface area contributed by atoms with Gasteiger partial charge in [0.15, 0.2) is 12.3 Å². The van der Waals surface area contributed by atoms with Crippen molar-refractivity contribution >= 4 is 11.4 Å². The summed E-state index contributed by atoms with van der Waals surface area (Å²) in [5.41, 5.74) is 0.640. The van der Waals surface area contributed by atoms with Gasteiger partial charge in [-0.05, 0) is 24.3 Å². The van der Waals surface area contributed by atoms with E-state index in [1.54, 1.807) is 0 Å². The number of alkyl halides is 3. The van der Waals surface area contributed by atoms with Gasteiger partial charge in [0, 0.05) is 30.4 Å². The van der Waals surface area contributed by atoms with Crippen molar-refractivity contribution in [2.75, 3.05) is 5.01 Å². The zero-order valence-corrected chi connectivity index (χ0v) is 12.2. The Morgan fingerprint density at radius 1 is 1.00 bits per heavy atom. The lowest BCUT2D eigenvalue weighted by Crippen LogP contribution is -2.47. The number of hydrogen-bond donors (Lipinski definition) is 2. The monoisotopic (exact) mass is 338 g/mol. The Hall–Kier alpha value is -2.52. The molecule has 1 aliphatic heterocycles. The van der Waals surface area contributed by atoms with Gasteiger partial charge >= 0.3 is 6.18 Å². The van der Waals surface area contributed by atoms with E-state index in [0.717, 1.165) is 5.01 Å². The van der Waals surface area contributed by atoms with Crippen LogP contribution in [0.2, 0.25) is 0 Å². The highest BCUT2D eigenvalue weighted by Crippen LogP contribution is 2.36. The summed E-state index contributed by atoms with van der Waals surface area (Å²) in [5, 5.41) is 25.3. The second-order valence-corrected chi connectivity index (χ2v) is 5.20. The molecule has 0 saturated heterocycles. The van der Waals surface area contributed by atoms with E-state index < -0.39 is 24.4 Å². The van der Waals surface area contributed by atoms with Crippen LogP contribution in [0.25, 0.3) is 0 Å². The van der Waals surface area contributed by atoms with Gasteiger partial charge in [-0.2, -0.15) is 18.3 Å². The first-order valence-electron chi connectivity index (χ1n) is 7.00. The maximum absolute atomic E-state index is 13.0. The number of anilines is 1. The third-order valence-corrected chi connectivity index (χ3v) is 3.68. The fourth-order valence-electron chi connectivity index (χ4n) is 2.53. The van der Waals surface area contributed by atoms with E-state index >= 15 is 0 Å². The predicted octanol–water partition coefficient (Wildman–Crippen LogP) is 1.56. The highest BCUT2D eigenvalue weighted by atomic mass is 19.4. The van der Waals surface area contributed by atoms with E-state index in [0.29, 0.717) is 11.3 Å². The van der Waals surface area contributed by atoms with Gasteiger partial charge in [-0.1, -0.05) is 0 Å². The van der Waals surface area contributed by atoms with Crippen molar-refractivity contribution < 1.29 is 23.4 Å². The molecule has 3 atom stereocenters. The van der Waals surface area contributed by atoms with Crippen LogP contribution in [0, 0.1) is 5.92 Å². The number of aliphatic hydroxyl groups excluding tert-OH is 2. The van der Waals surface area contributed by atoms with Crippen molar-refractivity contribution in [2.24, 2.45) is 11.0 Å². The Morgan fingerprint density at radius 2 is 1.54 bits per heavy atom. The summed E-state index contributed by atoms with van der Waals surface area (Å²) in [5.74, 6) is -1.65. The number of aliphatic hydroxyl groups is 2. The standard InChI is InChI=1S/C15H13F3N4O2/c16-15(17,18)13(23)11-12(9-1-5-19-6-2-9)21-22(14(11)24)10-3-7-20-8-4-10/h1-8,11,13-14,23-24H. The first kappa shape index (κ1) is 16.3. The molecule has 0 bridgehead atoms. The van der Waals surface area contributed by atoms with Crippen molar-refractivity contribution in [1.82, 2.24) is 9.97 Å². The summed E-state index contributed by atoms with van der Waals surface area (Å²) >= 11 is 0. The third-order valence-electron chi connectivity index (χ3n) is 3.68. The number of aromatic nitrogens is 2. The topological polar surface area (TPSA) is 81.8 Å². The molecule has 24 heavy (non-hydrogen) atoms. The molecule has 3 unspecified atom stereocenters. The van der Waals surface area contributed by atoms with Crippen LogP contribution >= 0.6 is 0 Å². The molecular weight excluding hydrogens is 325 g/mol. The molecule has 0 radical (unpaired) electrons. The highest BCUT2D eigenvalue weighted by molar-refractivity contribution is 6.05. The van der Waals surface area contributed by atoms with Crippen LogP contribution in [0.1, 0.15) is 5.56 Å². The van der Waals surface area contributed by atoms with Crippen LogP contribution in [0.5, 0.6) is 0 Å². The van der Waals surface area contributed by atoms with Crippen molar-refractivity contribution in [3.05, 3.63) is 54.6 Å². The molecule has 0 spiro atoms. The molecule has 9 heteroatoms. The summed E-state index contributed by atoms with van der Waals surface area (Å²) in [7, 11) is 0. The van der Waals surface area contributed by atoms with Gasteiger partial charge in [0.2, 0.25) is 0 Å². The van der Waals surface area contributed by atoms with Gasteiger partial charge < -0.3 is 10.2 Å². The van der Waals surface area contributed by atoms with Crippen molar-refractivity contribution in [2.45, 2.75) is 18.5 Å². The van der Waals surface area contributed by atoms with E-state index in [-0.39, 0.29) is 5.71 Å². The largest absolute Gasteiger partial charge is 0.415 e. The first-order valence-corrected chi connectivity index (χ1v) is 7.00. The minimum atomic E-state index is -4.90. The molecule has 126 valence electrons. The lowest BCUT2D eigenvalue weighted by Gasteiger charge is -2.27. The number of nitrogens with zero attached hydrogens (tertiary/aromatic N) is 4. The Morgan fingerprint density at radius 3 is 2.08 bits per heavy atom. The average molecular weight is 338 g/mol. The molecule has 0 fully saturated rings. The van der Waals surface area contributed by atoms with Crippen LogP contribution in [0.3, 0.4) is 0 Å². The van der Waals surface area contributed by atoms with Crippen LogP contribution in [-0.4, -0.2) is 44.4 Å². The van der Waals surface area contributed by atoms with Gasteiger partial charge in [-0.3, -0.25) is 9.97 Å². The molecule has 2 aromatic rings. The normalized spacial score (nSPS) is 22.4. The minimum Gasteiger partial charge on any atom is -0.383 e. The summed E-state index contributed by atoms with van der Waals surface area (Å²) in [6.07, 6.45) is -3.67. The van der Waals surface area contributed by atoms with Crippen molar-refractivity contribution in [1.29, 1.82) is 0 Å². The smallest absolute Gasteiger partial charge is 0.383 e. The molecular formula is C15H13F3N4O2. The average Bonchev–Trinajstić information content (AvgIpc) is 2.92. The molecule has 3 heterocycles. The number of pyridine rings is 2. The molecule has 0 aromatic carbocycles. The van der Waals surface area contributed by atoms with Crippen LogP contribution < -0.4 is 5.01 Å². The molecule has 6 nitrogen and oxygen atoms in total. The van der Waals surface area contributed by atoms with Crippen molar-refractivity contribution in [3.63, 3.8) is 0 Å². The Labute approximate surface area is 134 Å². The summed E-state index contributed by atoms with van der Waals surface area (Å²) in [6.45, 7) is 0. The Balaban J connectivity index is 2.05. The third kappa shape index (κ3) is 2.95. The van der Waals surface area contributed by atoms with E-state index in [1.807, 2.05) is 0 Å². The predicted molar refractivity (Wildman–Crippen MR) is 79.0 cm³/mol. The molecule has 1 aliphatic rings. The summed E-state index contributed by atoms with van der Waals surface area (Å²) < 4.78 is 39.1. The molecule has 0 saturated carbocycles. The molecule has 0 aliphatic carbocycles. The molecule has 2 aromatic heterocycles. The summed E-state index contributed by atoms with van der Waals surface area (Å²) in [6, 6.07) is 5.94. The number of halogens is 3. The second kappa shape index (κ2) is 6.17. The lowest BCUT2D eigenvalue weighted by molar-refractivity contribution is -0.218. The first-order chi connectivity index (χ1) is 11.4. The van der Waals surface area contributed by atoms with E-state index in [9.17, 15) is 23.4 Å². The van der Waals surface area contributed by atoms with Crippen LogP contribution in [0.15, 0.2) is 54.2 Å². The molecule has 2 N–H and O–H groups in total. The van der Waals surface area contributed by atoms with E-state index in [4.69, 9.17) is 0 Å².